The molecule has 1 N–H and O–H groups in total. The number of ether oxygens (including phenoxy) is 1. The Hall–Kier alpha value is -3.42. The molecule has 3 aromatic rings. The van der Waals surface area contributed by atoms with Crippen molar-refractivity contribution in [2.45, 2.75) is 13.8 Å². The summed E-state index contributed by atoms with van der Waals surface area (Å²) in [4.78, 5) is 20.6. The van der Waals surface area contributed by atoms with E-state index >= 15 is 0 Å². The first kappa shape index (κ1) is 18.4. The van der Waals surface area contributed by atoms with Crippen LogP contribution in [-0.2, 0) is 0 Å². The molecule has 0 saturated heterocycles. The number of amides is 1. The number of halogens is 3. The molecule has 138 valence electrons. The molecule has 1 heterocycles. The maximum absolute atomic E-state index is 13.8. The number of carbonyl (C=O) groups excluding carboxylic acids is 1. The SMILES string of the molecule is Cc1nc(Oc2ccccc2)nc(C)c1NC(=O)c1ccc(F)c(F)c1F. The highest BCUT2D eigenvalue weighted by molar-refractivity contribution is 6.05. The number of carbonyl (C=O) groups is 1. The number of nitrogens with zero attached hydrogens (tertiary/aromatic N) is 2. The fourth-order valence-electron chi connectivity index (χ4n) is 2.39. The van der Waals surface area contributed by atoms with Gasteiger partial charge in [0.05, 0.1) is 22.6 Å². The molecule has 8 heteroatoms. The van der Waals surface area contributed by atoms with Crippen LogP contribution in [-0.4, -0.2) is 15.9 Å². The first-order chi connectivity index (χ1) is 12.9. The molecule has 2 aromatic carbocycles. The average Bonchev–Trinajstić information content (AvgIpc) is 2.63. The van der Waals surface area contributed by atoms with Crippen LogP contribution < -0.4 is 10.1 Å². The van der Waals surface area contributed by atoms with Crippen molar-refractivity contribution in [2.75, 3.05) is 5.32 Å². The second-order valence-corrected chi connectivity index (χ2v) is 5.64. The van der Waals surface area contributed by atoms with Crippen molar-refractivity contribution >= 4 is 11.6 Å². The van der Waals surface area contributed by atoms with Crippen molar-refractivity contribution in [2.24, 2.45) is 0 Å². The summed E-state index contributed by atoms with van der Waals surface area (Å²) in [5, 5.41) is 2.42. The van der Waals surface area contributed by atoms with Crippen LogP contribution in [0.2, 0.25) is 0 Å². The van der Waals surface area contributed by atoms with Crippen molar-refractivity contribution in [1.82, 2.24) is 9.97 Å². The lowest BCUT2D eigenvalue weighted by molar-refractivity contribution is 0.102. The van der Waals surface area contributed by atoms with E-state index in [4.69, 9.17) is 4.74 Å². The molecule has 0 fully saturated rings. The van der Waals surface area contributed by atoms with Gasteiger partial charge in [0.1, 0.15) is 5.75 Å². The van der Waals surface area contributed by atoms with Crippen LogP contribution in [0, 0.1) is 31.3 Å². The largest absolute Gasteiger partial charge is 0.424 e. The highest BCUT2D eigenvalue weighted by atomic mass is 19.2. The Bertz CT molecular complexity index is 988. The highest BCUT2D eigenvalue weighted by Gasteiger charge is 2.21. The Balaban J connectivity index is 1.85. The molecule has 0 aliphatic carbocycles. The van der Waals surface area contributed by atoms with Crippen LogP contribution in [0.1, 0.15) is 21.7 Å². The first-order valence-electron chi connectivity index (χ1n) is 7.90. The lowest BCUT2D eigenvalue weighted by Crippen LogP contribution is -2.17. The number of hydrogen-bond acceptors (Lipinski definition) is 4. The molecule has 27 heavy (non-hydrogen) atoms. The molecule has 0 spiro atoms. The summed E-state index contributed by atoms with van der Waals surface area (Å²) in [6, 6.07) is 10.5. The standard InChI is InChI=1S/C19H14F3N3O2/c1-10-17(25-18(26)13-8-9-14(20)16(22)15(13)21)11(2)24-19(23-10)27-12-6-4-3-5-7-12/h3-9H,1-2H3,(H,25,26). The van der Waals surface area contributed by atoms with Crippen molar-refractivity contribution < 1.29 is 22.7 Å². The number of para-hydroxylation sites is 1. The van der Waals surface area contributed by atoms with Crippen LogP contribution >= 0.6 is 0 Å². The first-order valence-corrected chi connectivity index (χ1v) is 7.90. The third kappa shape index (κ3) is 3.89. The number of nitrogens with one attached hydrogen (secondary N) is 1. The molecule has 0 radical (unpaired) electrons. The van der Waals surface area contributed by atoms with Crippen molar-refractivity contribution in [1.29, 1.82) is 0 Å². The summed E-state index contributed by atoms with van der Waals surface area (Å²) in [7, 11) is 0. The van der Waals surface area contributed by atoms with Gasteiger partial charge in [0.15, 0.2) is 17.5 Å². The molecule has 1 amide bonds. The Morgan fingerprint density at radius 1 is 0.926 bits per heavy atom. The third-order valence-electron chi connectivity index (χ3n) is 3.72. The minimum atomic E-state index is -1.71. The van der Waals surface area contributed by atoms with E-state index in [1.807, 2.05) is 6.07 Å². The van der Waals surface area contributed by atoms with Crippen LogP contribution in [0.25, 0.3) is 0 Å². The van der Waals surface area contributed by atoms with Gasteiger partial charge in [0, 0.05) is 0 Å². The van der Waals surface area contributed by atoms with Gasteiger partial charge in [-0.3, -0.25) is 4.79 Å². The smallest absolute Gasteiger partial charge is 0.322 e. The van der Waals surface area contributed by atoms with Crippen LogP contribution in [0.3, 0.4) is 0 Å². The lowest BCUT2D eigenvalue weighted by Gasteiger charge is -2.13. The van der Waals surface area contributed by atoms with Gasteiger partial charge in [-0.1, -0.05) is 18.2 Å². The molecule has 0 saturated carbocycles. The minimum Gasteiger partial charge on any atom is -0.424 e. The number of rotatable bonds is 4. The van der Waals surface area contributed by atoms with Crippen molar-refractivity contribution in [3.63, 3.8) is 0 Å². The van der Waals surface area contributed by atoms with E-state index in [0.717, 1.165) is 6.07 Å². The molecule has 0 aliphatic heterocycles. The van der Waals surface area contributed by atoms with Gasteiger partial charge in [-0.25, -0.2) is 13.2 Å². The summed E-state index contributed by atoms with van der Waals surface area (Å²) in [6.07, 6.45) is 0. The fraction of sp³-hybridized carbons (Fsp3) is 0.105. The van der Waals surface area contributed by atoms with Gasteiger partial charge in [0.2, 0.25) is 0 Å². The van der Waals surface area contributed by atoms with E-state index in [-0.39, 0.29) is 11.7 Å². The molecular formula is C19H14F3N3O2. The molecular weight excluding hydrogens is 359 g/mol. The lowest BCUT2D eigenvalue weighted by atomic mass is 10.1. The van der Waals surface area contributed by atoms with Crippen molar-refractivity contribution in [3.8, 4) is 11.8 Å². The molecule has 1 aromatic heterocycles. The minimum absolute atomic E-state index is 0.0770. The topological polar surface area (TPSA) is 64.1 Å². The molecule has 0 bridgehead atoms. The molecule has 5 nitrogen and oxygen atoms in total. The zero-order valence-corrected chi connectivity index (χ0v) is 14.4. The molecule has 0 unspecified atom stereocenters. The number of aryl methyl sites for hydroxylation is 2. The Morgan fingerprint density at radius 3 is 2.19 bits per heavy atom. The van der Waals surface area contributed by atoms with Crippen molar-refractivity contribution in [3.05, 3.63) is 76.9 Å². The van der Waals surface area contributed by atoms with Gasteiger partial charge >= 0.3 is 6.01 Å². The quantitative estimate of drug-likeness (QED) is 0.681. The van der Waals surface area contributed by atoms with E-state index in [1.165, 1.54) is 0 Å². The second-order valence-electron chi connectivity index (χ2n) is 5.64. The normalized spacial score (nSPS) is 10.6. The summed E-state index contributed by atoms with van der Waals surface area (Å²) in [5.74, 6) is -5.05. The van der Waals surface area contributed by atoms with Crippen LogP contribution in [0.15, 0.2) is 42.5 Å². The average molecular weight is 373 g/mol. The van der Waals surface area contributed by atoms with Gasteiger partial charge in [-0.05, 0) is 38.1 Å². The summed E-state index contributed by atoms with van der Waals surface area (Å²) < 4.78 is 45.7. The predicted molar refractivity (Wildman–Crippen MR) is 92.3 cm³/mol. The van der Waals surface area contributed by atoms with Gasteiger partial charge in [0.25, 0.3) is 5.91 Å². The van der Waals surface area contributed by atoms with Gasteiger partial charge in [-0.15, -0.1) is 0 Å². The maximum Gasteiger partial charge on any atom is 0.322 e. The van der Waals surface area contributed by atoms with Crippen LogP contribution in [0.4, 0.5) is 18.9 Å². The highest BCUT2D eigenvalue weighted by Crippen LogP contribution is 2.24. The van der Waals surface area contributed by atoms with Gasteiger partial charge in [-0.2, -0.15) is 9.97 Å². The Kier molecular flexibility index (Phi) is 5.07. The van der Waals surface area contributed by atoms with E-state index < -0.39 is 28.9 Å². The summed E-state index contributed by atoms with van der Waals surface area (Å²) in [6.45, 7) is 3.20. The van der Waals surface area contributed by atoms with E-state index in [0.29, 0.717) is 23.2 Å². The zero-order chi connectivity index (χ0) is 19.6. The van der Waals surface area contributed by atoms with Crippen LogP contribution in [0.5, 0.6) is 11.8 Å². The summed E-state index contributed by atoms with van der Waals surface area (Å²) >= 11 is 0. The van der Waals surface area contributed by atoms with E-state index in [9.17, 15) is 18.0 Å². The molecule has 0 aliphatic rings. The third-order valence-corrected chi connectivity index (χ3v) is 3.72. The number of benzene rings is 2. The Morgan fingerprint density at radius 2 is 1.56 bits per heavy atom. The second kappa shape index (κ2) is 7.45. The summed E-state index contributed by atoms with van der Waals surface area (Å²) in [5.41, 5.74) is 0.330. The molecule has 0 atom stereocenters. The number of anilines is 1. The predicted octanol–water partition coefficient (Wildman–Crippen LogP) is 4.56. The number of hydrogen-bond donors (Lipinski definition) is 1. The Labute approximate surface area is 152 Å². The van der Waals surface area contributed by atoms with E-state index in [2.05, 4.69) is 15.3 Å². The number of aromatic nitrogens is 2. The zero-order valence-electron chi connectivity index (χ0n) is 14.4. The fourth-order valence-corrected chi connectivity index (χ4v) is 2.39. The van der Waals surface area contributed by atoms with E-state index in [1.54, 1.807) is 38.1 Å². The molecule has 3 rings (SSSR count). The van der Waals surface area contributed by atoms with Gasteiger partial charge < -0.3 is 10.1 Å². The maximum atomic E-state index is 13.8. The monoisotopic (exact) mass is 373 g/mol.